The number of para-hydroxylation sites is 2. The minimum Gasteiger partial charge on any atom is -0.455 e. The van der Waals surface area contributed by atoms with Gasteiger partial charge in [-0.1, -0.05) is 182 Å². The van der Waals surface area contributed by atoms with Crippen LogP contribution in [0.3, 0.4) is 0 Å². The molecule has 0 radical (unpaired) electrons. The normalized spacial score (nSPS) is 11.3. The van der Waals surface area contributed by atoms with Crippen LogP contribution in [-0.4, -0.2) is 0 Å². The average molecular weight is 781 g/mol. The maximum Gasteiger partial charge on any atom is 0.143 e. The molecule has 61 heavy (non-hydrogen) atoms. The Morgan fingerprint density at radius 1 is 0.295 bits per heavy atom. The minimum atomic E-state index is 0.809. The highest BCUT2D eigenvalue weighted by Crippen LogP contribution is 2.49. The van der Waals surface area contributed by atoms with E-state index in [-0.39, 0.29) is 0 Å². The van der Waals surface area contributed by atoms with E-state index in [0.717, 1.165) is 83.5 Å². The van der Waals surface area contributed by atoms with Gasteiger partial charge >= 0.3 is 0 Å². The van der Waals surface area contributed by atoms with Gasteiger partial charge in [0.25, 0.3) is 0 Å². The number of nitrogens with zero attached hydrogens (tertiary/aromatic N) is 2. The van der Waals surface area contributed by atoms with Crippen molar-refractivity contribution in [1.82, 2.24) is 0 Å². The Bertz CT molecular complexity index is 3270. The van der Waals surface area contributed by atoms with Crippen molar-refractivity contribution in [1.29, 1.82) is 0 Å². The van der Waals surface area contributed by atoms with Crippen LogP contribution in [0.4, 0.5) is 34.1 Å². The van der Waals surface area contributed by atoms with E-state index < -0.39 is 0 Å². The summed E-state index contributed by atoms with van der Waals surface area (Å²) in [5.41, 5.74) is 14.8. The van der Waals surface area contributed by atoms with Gasteiger partial charge in [-0.15, -0.1) is 0 Å². The monoisotopic (exact) mass is 780 g/mol. The molecule has 0 aliphatic rings. The largest absolute Gasteiger partial charge is 0.455 e. The van der Waals surface area contributed by atoms with Crippen LogP contribution in [0.25, 0.3) is 66.1 Å². The van der Waals surface area contributed by atoms with E-state index >= 15 is 0 Å². The molecule has 0 saturated heterocycles. The summed E-state index contributed by atoms with van der Waals surface area (Å²) in [6, 6.07) is 86.4. The number of hydrogen-bond acceptors (Lipinski definition) is 3. The van der Waals surface area contributed by atoms with Crippen LogP contribution in [0.2, 0.25) is 0 Å². The second-order valence-corrected chi connectivity index (χ2v) is 15.3. The van der Waals surface area contributed by atoms with E-state index in [1.54, 1.807) is 0 Å². The van der Waals surface area contributed by atoms with Crippen LogP contribution in [-0.2, 0) is 0 Å². The van der Waals surface area contributed by atoms with Gasteiger partial charge in [0.05, 0.1) is 22.4 Å². The Kier molecular flexibility index (Phi) is 9.18. The molecule has 3 nitrogen and oxygen atoms in total. The molecule has 0 amide bonds. The summed E-state index contributed by atoms with van der Waals surface area (Å²) >= 11 is 0. The molecule has 0 N–H and O–H groups in total. The smallest absolute Gasteiger partial charge is 0.143 e. The number of hydrogen-bond donors (Lipinski definition) is 0. The molecule has 1 aromatic heterocycles. The quantitative estimate of drug-likeness (QED) is 0.145. The van der Waals surface area contributed by atoms with Crippen molar-refractivity contribution in [2.45, 2.75) is 0 Å². The maximum atomic E-state index is 7.11. The lowest BCUT2D eigenvalue weighted by atomic mass is 10.00. The molecule has 0 aliphatic carbocycles. The first-order valence-electron chi connectivity index (χ1n) is 20.8. The fourth-order valence-corrected chi connectivity index (χ4v) is 8.73. The highest BCUT2D eigenvalue weighted by Gasteiger charge is 2.25. The SMILES string of the molecule is c1ccc(-c2ccc(N(c3cc(N(c4ccccc4)c4ccc(-c5ccccc5)cc4)c4c(c3)oc3c5ccccc5ccc34)c3ccccc3-c3ccccc3)cc2)cc1. The van der Waals surface area contributed by atoms with Crippen LogP contribution in [0.1, 0.15) is 0 Å². The predicted molar refractivity (Wildman–Crippen MR) is 257 cm³/mol. The van der Waals surface area contributed by atoms with Crippen LogP contribution >= 0.6 is 0 Å². The van der Waals surface area contributed by atoms with Crippen molar-refractivity contribution in [3.05, 3.63) is 243 Å². The van der Waals surface area contributed by atoms with Crippen LogP contribution < -0.4 is 9.80 Å². The van der Waals surface area contributed by atoms with Crippen molar-refractivity contribution in [3.8, 4) is 33.4 Å². The molecule has 0 aliphatic heterocycles. The van der Waals surface area contributed by atoms with Gasteiger partial charge in [-0.05, 0) is 87.8 Å². The Hall–Kier alpha value is -8.14. The molecule has 0 fully saturated rings. The first-order chi connectivity index (χ1) is 30.3. The number of furan rings is 1. The van der Waals surface area contributed by atoms with Gasteiger partial charge in [0.2, 0.25) is 0 Å². The molecule has 1 heterocycles. The third kappa shape index (κ3) is 6.69. The number of benzene rings is 10. The lowest BCUT2D eigenvalue weighted by Gasteiger charge is -2.31. The third-order valence-corrected chi connectivity index (χ3v) is 11.6. The molecule has 0 saturated carbocycles. The lowest BCUT2D eigenvalue weighted by molar-refractivity contribution is 0.673. The zero-order chi connectivity index (χ0) is 40.5. The maximum absolute atomic E-state index is 7.11. The van der Waals surface area contributed by atoms with E-state index in [9.17, 15) is 0 Å². The molecular weight excluding hydrogens is 741 g/mol. The lowest BCUT2D eigenvalue weighted by Crippen LogP contribution is -2.14. The minimum absolute atomic E-state index is 0.809. The molecule has 10 aromatic carbocycles. The number of anilines is 6. The summed E-state index contributed by atoms with van der Waals surface area (Å²) in [5.74, 6) is 0. The number of rotatable bonds is 9. The first-order valence-corrected chi connectivity index (χ1v) is 20.8. The molecule has 11 aromatic rings. The summed E-state index contributed by atoms with van der Waals surface area (Å²) < 4.78 is 7.11. The highest BCUT2D eigenvalue weighted by atomic mass is 16.3. The van der Waals surface area contributed by atoms with Crippen molar-refractivity contribution >= 4 is 66.8 Å². The van der Waals surface area contributed by atoms with Crippen LogP contribution in [0.15, 0.2) is 247 Å². The van der Waals surface area contributed by atoms with E-state index in [2.05, 4.69) is 252 Å². The molecular formula is C58H40N2O. The Morgan fingerprint density at radius 2 is 0.770 bits per heavy atom. The van der Waals surface area contributed by atoms with E-state index in [0.29, 0.717) is 0 Å². The van der Waals surface area contributed by atoms with E-state index in [1.807, 2.05) is 0 Å². The van der Waals surface area contributed by atoms with Gasteiger partial charge in [0, 0.05) is 39.5 Å². The second kappa shape index (κ2) is 15.6. The summed E-state index contributed by atoms with van der Waals surface area (Å²) in [5, 5.41) is 4.35. The van der Waals surface area contributed by atoms with Gasteiger partial charge in [-0.25, -0.2) is 0 Å². The summed E-state index contributed by atoms with van der Waals surface area (Å²) in [6.45, 7) is 0. The zero-order valence-corrected chi connectivity index (χ0v) is 33.4. The zero-order valence-electron chi connectivity index (χ0n) is 33.4. The van der Waals surface area contributed by atoms with Crippen molar-refractivity contribution in [2.75, 3.05) is 9.80 Å². The third-order valence-electron chi connectivity index (χ3n) is 11.6. The van der Waals surface area contributed by atoms with Crippen molar-refractivity contribution in [2.24, 2.45) is 0 Å². The van der Waals surface area contributed by atoms with Gasteiger partial charge in [-0.3, -0.25) is 0 Å². The van der Waals surface area contributed by atoms with Gasteiger partial charge < -0.3 is 14.2 Å². The summed E-state index contributed by atoms with van der Waals surface area (Å²) in [7, 11) is 0. The Morgan fingerprint density at radius 3 is 1.39 bits per heavy atom. The predicted octanol–water partition coefficient (Wildman–Crippen LogP) is 16.7. The molecule has 11 rings (SSSR count). The van der Waals surface area contributed by atoms with Crippen LogP contribution in [0, 0.1) is 0 Å². The summed E-state index contributed by atoms with van der Waals surface area (Å²) in [6.07, 6.45) is 0. The standard InChI is InChI=1S/C58H40N2O/c1-5-17-41(18-6-1)43-29-34-48(35-30-43)59(47-24-11-4-12-25-47)55-39-50(40-56-57(55)53-38-33-46-23-13-14-27-52(46)58(53)61-56)60(49-36-31-44(32-37-49)42-19-7-2-8-20-42)54-28-16-15-26-51(54)45-21-9-3-10-22-45/h1-40H. The second-order valence-electron chi connectivity index (χ2n) is 15.3. The molecule has 0 bridgehead atoms. The molecule has 0 spiro atoms. The topological polar surface area (TPSA) is 19.6 Å². The highest BCUT2D eigenvalue weighted by molar-refractivity contribution is 6.20. The van der Waals surface area contributed by atoms with Crippen LogP contribution in [0.5, 0.6) is 0 Å². The fraction of sp³-hybridized carbons (Fsp3) is 0. The molecule has 288 valence electrons. The summed E-state index contributed by atoms with van der Waals surface area (Å²) in [4.78, 5) is 4.76. The fourth-order valence-electron chi connectivity index (χ4n) is 8.73. The van der Waals surface area contributed by atoms with Crippen molar-refractivity contribution < 1.29 is 4.42 Å². The molecule has 0 atom stereocenters. The van der Waals surface area contributed by atoms with Crippen molar-refractivity contribution in [3.63, 3.8) is 0 Å². The molecule has 0 unspecified atom stereocenters. The van der Waals surface area contributed by atoms with Gasteiger partial charge in [0.15, 0.2) is 0 Å². The Labute approximate surface area is 355 Å². The van der Waals surface area contributed by atoms with Gasteiger partial charge in [0.1, 0.15) is 11.2 Å². The molecule has 3 heteroatoms. The average Bonchev–Trinajstić information content (AvgIpc) is 3.73. The first kappa shape index (κ1) is 36.0. The van der Waals surface area contributed by atoms with E-state index in [1.165, 1.54) is 16.7 Å². The van der Waals surface area contributed by atoms with E-state index in [4.69, 9.17) is 4.42 Å². The Balaban J connectivity index is 1.20. The number of fused-ring (bicyclic) bond motifs is 5. The van der Waals surface area contributed by atoms with Gasteiger partial charge in [-0.2, -0.15) is 0 Å².